The van der Waals surface area contributed by atoms with Crippen molar-refractivity contribution in [1.82, 2.24) is 30.6 Å². The van der Waals surface area contributed by atoms with Gasteiger partial charge in [-0.1, -0.05) is 35.9 Å². The molecule has 2 aromatic heterocycles. The molecule has 1 aliphatic rings. The summed E-state index contributed by atoms with van der Waals surface area (Å²) in [7, 11) is 0. The Balaban J connectivity index is 1.43. The molecule has 0 aliphatic heterocycles. The second-order valence-electron chi connectivity index (χ2n) is 7.03. The molecule has 0 amide bonds. The summed E-state index contributed by atoms with van der Waals surface area (Å²) in [6.45, 7) is 0. The van der Waals surface area contributed by atoms with E-state index in [-0.39, 0.29) is 0 Å². The fourth-order valence-corrected chi connectivity index (χ4v) is 3.77. The standard InChI is InChI=1S/C21H18ClN7/c22-15-4-1-3-14(12-15)20-24-18-6-2-5-17(18)21(25-20)23-16-9-7-13(8-10-16)11-19-26-28-29-27-19/h1,3-4,7-10,12H,2,5-6,11H2,(H,23,24,25)(H,26,27,28,29). The number of tetrazole rings is 1. The second kappa shape index (κ2) is 7.60. The highest BCUT2D eigenvalue weighted by molar-refractivity contribution is 6.30. The van der Waals surface area contributed by atoms with Gasteiger partial charge in [-0.05, 0) is 59.5 Å². The predicted octanol–water partition coefficient (Wildman–Crippen LogP) is 4.13. The van der Waals surface area contributed by atoms with Crippen LogP contribution in [0.4, 0.5) is 11.5 Å². The maximum atomic E-state index is 6.16. The molecule has 0 atom stereocenters. The number of fused-ring (bicyclic) bond motifs is 1. The predicted molar refractivity (Wildman–Crippen MR) is 111 cm³/mol. The first-order valence-corrected chi connectivity index (χ1v) is 9.87. The van der Waals surface area contributed by atoms with Crippen molar-refractivity contribution >= 4 is 23.1 Å². The number of aromatic amines is 1. The Morgan fingerprint density at radius 1 is 1.03 bits per heavy atom. The van der Waals surface area contributed by atoms with E-state index >= 15 is 0 Å². The van der Waals surface area contributed by atoms with Gasteiger partial charge in [0.2, 0.25) is 0 Å². The van der Waals surface area contributed by atoms with Gasteiger partial charge >= 0.3 is 0 Å². The third kappa shape index (κ3) is 3.82. The molecule has 2 aromatic carbocycles. The normalized spacial score (nSPS) is 12.7. The zero-order valence-corrected chi connectivity index (χ0v) is 16.3. The fraction of sp³-hybridized carbons (Fsp3) is 0.190. The molecule has 8 heteroatoms. The minimum atomic E-state index is 0.662. The molecule has 7 nitrogen and oxygen atoms in total. The highest BCUT2D eigenvalue weighted by Crippen LogP contribution is 2.31. The number of rotatable bonds is 5. The summed E-state index contributed by atoms with van der Waals surface area (Å²) in [6, 6.07) is 15.9. The van der Waals surface area contributed by atoms with Gasteiger partial charge in [0, 0.05) is 34.0 Å². The van der Waals surface area contributed by atoms with Crippen LogP contribution in [0.2, 0.25) is 5.02 Å². The van der Waals surface area contributed by atoms with Crippen LogP contribution in [0.15, 0.2) is 48.5 Å². The lowest BCUT2D eigenvalue weighted by molar-refractivity contribution is 0.881. The molecule has 0 saturated carbocycles. The average molecular weight is 404 g/mol. The van der Waals surface area contributed by atoms with Gasteiger partial charge in [-0.25, -0.2) is 15.1 Å². The van der Waals surface area contributed by atoms with Crippen LogP contribution in [0.1, 0.15) is 29.1 Å². The minimum absolute atomic E-state index is 0.662. The zero-order valence-electron chi connectivity index (χ0n) is 15.6. The number of benzene rings is 2. The minimum Gasteiger partial charge on any atom is -0.340 e. The number of aryl methyl sites for hydroxylation is 1. The first-order valence-electron chi connectivity index (χ1n) is 9.49. The van der Waals surface area contributed by atoms with Crippen molar-refractivity contribution in [3.8, 4) is 11.4 Å². The Hall–Kier alpha value is -3.32. The lowest BCUT2D eigenvalue weighted by atomic mass is 10.1. The summed E-state index contributed by atoms with van der Waals surface area (Å²) in [5.41, 5.74) is 5.35. The number of hydrogen-bond acceptors (Lipinski definition) is 6. The molecule has 0 bridgehead atoms. The summed E-state index contributed by atoms with van der Waals surface area (Å²) in [6.07, 6.45) is 3.73. The number of hydrogen-bond donors (Lipinski definition) is 2. The molecule has 0 unspecified atom stereocenters. The largest absolute Gasteiger partial charge is 0.340 e. The molecule has 0 saturated heterocycles. The van der Waals surface area contributed by atoms with E-state index < -0.39 is 0 Å². The highest BCUT2D eigenvalue weighted by atomic mass is 35.5. The smallest absolute Gasteiger partial charge is 0.161 e. The number of halogens is 1. The Labute approximate surface area is 172 Å². The summed E-state index contributed by atoms with van der Waals surface area (Å²) < 4.78 is 0. The van der Waals surface area contributed by atoms with Gasteiger partial charge in [0.05, 0.1) is 0 Å². The fourth-order valence-electron chi connectivity index (χ4n) is 3.58. The van der Waals surface area contributed by atoms with Gasteiger partial charge in [-0.2, -0.15) is 0 Å². The zero-order chi connectivity index (χ0) is 19.6. The summed E-state index contributed by atoms with van der Waals surface area (Å²) >= 11 is 6.16. The number of nitrogens with zero attached hydrogens (tertiary/aromatic N) is 5. The maximum Gasteiger partial charge on any atom is 0.161 e. The van der Waals surface area contributed by atoms with Crippen molar-refractivity contribution in [3.63, 3.8) is 0 Å². The summed E-state index contributed by atoms with van der Waals surface area (Å²) in [5.74, 6) is 2.31. The Kier molecular flexibility index (Phi) is 4.65. The van der Waals surface area contributed by atoms with Gasteiger partial charge in [0.25, 0.3) is 0 Å². The van der Waals surface area contributed by atoms with Crippen molar-refractivity contribution < 1.29 is 0 Å². The number of nitrogens with one attached hydrogen (secondary N) is 2. The van der Waals surface area contributed by atoms with Crippen LogP contribution in [0.5, 0.6) is 0 Å². The van der Waals surface area contributed by atoms with Gasteiger partial charge in [-0.15, -0.1) is 5.10 Å². The molecular formula is C21H18ClN7. The Morgan fingerprint density at radius 3 is 2.72 bits per heavy atom. The van der Waals surface area contributed by atoms with E-state index in [4.69, 9.17) is 21.6 Å². The molecule has 0 fully saturated rings. The van der Waals surface area contributed by atoms with Gasteiger partial charge in [0.15, 0.2) is 11.6 Å². The van der Waals surface area contributed by atoms with Crippen molar-refractivity contribution in [2.24, 2.45) is 0 Å². The van der Waals surface area contributed by atoms with Crippen LogP contribution < -0.4 is 5.32 Å². The van der Waals surface area contributed by atoms with Gasteiger partial charge in [-0.3, -0.25) is 0 Å². The quantitative estimate of drug-likeness (QED) is 0.520. The van der Waals surface area contributed by atoms with Gasteiger partial charge in [0.1, 0.15) is 5.82 Å². The van der Waals surface area contributed by atoms with Crippen molar-refractivity contribution in [2.75, 3.05) is 5.32 Å². The molecule has 4 aromatic rings. The van der Waals surface area contributed by atoms with Crippen molar-refractivity contribution in [2.45, 2.75) is 25.7 Å². The summed E-state index contributed by atoms with van der Waals surface area (Å²) in [4.78, 5) is 9.61. The van der Waals surface area contributed by atoms with Crippen LogP contribution >= 0.6 is 11.6 Å². The van der Waals surface area contributed by atoms with E-state index in [0.717, 1.165) is 53.4 Å². The number of anilines is 2. The molecule has 0 spiro atoms. The molecule has 2 N–H and O–H groups in total. The van der Waals surface area contributed by atoms with Crippen molar-refractivity contribution in [3.05, 3.63) is 76.2 Å². The topological polar surface area (TPSA) is 92.3 Å². The van der Waals surface area contributed by atoms with E-state index in [0.29, 0.717) is 17.3 Å². The van der Waals surface area contributed by atoms with E-state index in [9.17, 15) is 0 Å². The lowest BCUT2D eigenvalue weighted by Crippen LogP contribution is -2.04. The van der Waals surface area contributed by atoms with Crippen LogP contribution in [0.3, 0.4) is 0 Å². The molecule has 1 aliphatic carbocycles. The van der Waals surface area contributed by atoms with Crippen LogP contribution in [-0.2, 0) is 19.3 Å². The monoisotopic (exact) mass is 403 g/mol. The molecule has 29 heavy (non-hydrogen) atoms. The highest BCUT2D eigenvalue weighted by Gasteiger charge is 2.20. The Bertz CT molecular complexity index is 1140. The third-order valence-electron chi connectivity index (χ3n) is 4.99. The molecule has 5 rings (SSSR count). The summed E-state index contributed by atoms with van der Waals surface area (Å²) in [5, 5.41) is 18.1. The van der Waals surface area contributed by atoms with Crippen LogP contribution in [0.25, 0.3) is 11.4 Å². The first-order chi connectivity index (χ1) is 14.2. The van der Waals surface area contributed by atoms with Crippen molar-refractivity contribution in [1.29, 1.82) is 0 Å². The van der Waals surface area contributed by atoms with E-state index in [1.165, 1.54) is 5.56 Å². The van der Waals surface area contributed by atoms with Gasteiger partial charge < -0.3 is 5.32 Å². The molecule has 144 valence electrons. The molecule has 0 radical (unpaired) electrons. The number of aromatic nitrogens is 6. The molecular weight excluding hydrogens is 386 g/mol. The van der Waals surface area contributed by atoms with Crippen LogP contribution in [0, 0.1) is 0 Å². The molecule has 2 heterocycles. The third-order valence-corrected chi connectivity index (χ3v) is 5.23. The first kappa shape index (κ1) is 17.8. The average Bonchev–Trinajstić information content (AvgIpc) is 3.41. The van der Waals surface area contributed by atoms with E-state index in [2.05, 4.69) is 38.1 Å². The SMILES string of the molecule is Clc1cccc(-c2nc3c(c(Nc4ccc(Cc5nnn[nH]5)cc4)n2)CCC3)c1. The maximum absolute atomic E-state index is 6.16. The van der Waals surface area contributed by atoms with Crippen LogP contribution in [-0.4, -0.2) is 30.6 Å². The van der Waals surface area contributed by atoms with E-state index in [1.807, 2.05) is 36.4 Å². The lowest BCUT2D eigenvalue weighted by Gasteiger charge is -2.13. The number of H-pyrrole nitrogens is 1. The van der Waals surface area contributed by atoms with E-state index in [1.54, 1.807) is 0 Å². The Morgan fingerprint density at radius 2 is 1.93 bits per heavy atom. The second-order valence-corrected chi connectivity index (χ2v) is 7.47.